The summed E-state index contributed by atoms with van der Waals surface area (Å²) in [5.41, 5.74) is -0.00453. The standard InChI is InChI=1S/C18H17FN6O3/c19-13-1-3-14(4-2-13)21-18(26)12-23-7-9-24(10-8-23)17-6-5-16(25(27)28)15(11-20)22-17/h1-6H,7-10,12H2,(H,21,26). The van der Waals surface area contributed by atoms with Crippen molar-refractivity contribution >= 4 is 23.1 Å². The molecule has 1 aliphatic rings. The number of piperazine rings is 1. The highest BCUT2D eigenvalue weighted by Gasteiger charge is 2.22. The van der Waals surface area contributed by atoms with E-state index in [1.54, 1.807) is 6.07 Å². The van der Waals surface area contributed by atoms with Gasteiger partial charge in [-0.15, -0.1) is 0 Å². The molecule has 1 saturated heterocycles. The first kappa shape index (κ1) is 19.2. The predicted octanol–water partition coefficient (Wildman–Crippen LogP) is 1.76. The molecular formula is C18H17FN6O3. The molecule has 1 aliphatic heterocycles. The van der Waals surface area contributed by atoms with Gasteiger partial charge in [0.2, 0.25) is 11.6 Å². The van der Waals surface area contributed by atoms with Crippen LogP contribution < -0.4 is 10.2 Å². The fourth-order valence-corrected chi connectivity index (χ4v) is 2.92. The van der Waals surface area contributed by atoms with Gasteiger partial charge in [0, 0.05) is 37.9 Å². The summed E-state index contributed by atoms with van der Waals surface area (Å²) in [4.78, 5) is 30.4. The van der Waals surface area contributed by atoms with E-state index in [9.17, 15) is 19.3 Å². The number of carbonyl (C=O) groups excluding carboxylic acids is 1. The number of nitrogens with one attached hydrogen (secondary N) is 1. The molecule has 0 spiro atoms. The molecule has 1 amide bonds. The van der Waals surface area contributed by atoms with Crippen molar-refractivity contribution in [2.75, 3.05) is 42.9 Å². The summed E-state index contributed by atoms with van der Waals surface area (Å²) in [7, 11) is 0. The van der Waals surface area contributed by atoms with Gasteiger partial charge >= 0.3 is 5.69 Å². The van der Waals surface area contributed by atoms with Gasteiger partial charge in [-0.05, 0) is 30.3 Å². The van der Waals surface area contributed by atoms with E-state index in [1.165, 1.54) is 36.4 Å². The molecule has 3 rings (SSSR count). The molecule has 10 heteroatoms. The van der Waals surface area contributed by atoms with Crippen LogP contribution in [0.25, 0.3) is 0 Å². The number of nitriles is 1. The van der Waals surface area contributed by atoms with Crippen molar-refractivity contribution in [3.63, 3.8) is 0 Å². The van der Waals surface area contributed by atoms with E-state index in [-0.39, 0.29) is 29.7 Å². The lowest BCUT2D eigenvalue weighted by atomic mass is 10.2. The molecule has 0 bridgehead atoms. The molecule has 28 heavy (non-hydrogen) atoms. The lowest BCUT2D eigenvalue weighted by Gasteiger charge is -2.35. The maximum Gasteiger partial charge on any atom is 0.305 e. The van der Waals surface area contributed by atoms with Crippen LogP contribution in [0.15, 0.2) is 36.4 Å². The highest BCUT2D eigenvalue weighted by molar-refractivity contribution is 5.92. The van der Waals surface area contributed by atoms with Crippen LogP contribution in [0.1, 0.15) is 5.69 Å². The number of nitrogens with zero attached hydrogens (tertiary/aromatic N) is 5. The van der Waals surface area contributed by atoms with Gasteiger partial charge in [0.15, 0.2) is 0 Å². The molecule has 1 fully saturated rings. The average Bonchev–Trinajstić information content (AvgIpc) is 2.69. The maximum atomic E-state index is 12.9. The van der Waals surface area contributed by atoms with E-state index in [1.807, 2.05) is 9.80 Å². The Labute approximate surface area is 160 Å². The van der Waals surface area contributed by atoms with Gasteiger partial charge in [0.1, 0.15) is 17.7 Å². The molecule has 2 aromatic rings. The van der Waals surface area contributed by atoms with E-state index in [4.69, 9.17) is 5.26 Å². The molecule has 0 aliphatic carbocycles. The van der Waals surface area contributed by atoms with Crippen molar-refractivity contribution in [3.8, 4) is 6.07 Å². The minimum absolute atomic E-state index is 0.194. The zero-order valence-corrected chi connectivity index (χ0v) is 14.8. The summed E-state index contributed by atoms with van der Waals surface area (Å²) in [6, 6.07) is 10.1. The van der Waals surface area contributed by atoms with Gasteiger partial charge in [0.05, 0.1) is 11.5 Å². The fraction of sp³-hybridized carbons (Fsp3) is 0.278. The lowest BCUT2D eigenvalue weighted by molar-refractivity contribution is -0.385. The summed E-state index contributed by atoms with van der Waals surface area (Å²) < 4.78 is 12.9. The van der Waals surface area contributed by atoms with Crippen LogP contribution in [0.5, 0.6) is 0 Å². The Hall–Kier alpha value is -3.58. The number of hydrogen-bond acceptors (Lipinski definition) is 7. The second-order valence-corrected chi connectivity index (χ2v) is 6.22. The summed E-state index contributed by atoms with van der Waals surface area (Å²) in [6.45, 7) is 2.52. The monoisotopic (exact) mass is 384 g/mol. The van der Waals surface area contributed by atoms with E-state index < -0.39 is 4.92 Å². The first-order chi connectivity index (χ1) is 13.5. The Morgan fingerprint density at radius 2 is 1.89 bits per heavy atom. The lowest BCUT2D eigenvalue weighted by Crippen LogP contribution is -2.49. The first-order valence-electron chi connectivity index (χ1n) is 8.54. The molecule has 1 N–H and O–H groups in total. The largest absolute Gasteiger partial charge is 0.354 e. The van der Waals surface area contributed by atoms with Crippen molar-refractivity contribution in [3.05, 3.63) is 58.0 Å². The van der Waals surface area contributed by atoms with E-state index in [0.717, 1.165) is 0 Å². The second kappa shape index (κ2) is 8.41. The molecule has 0 unspecified atom stereocenters. The summed E-state index contributed by atoms with van der Waals surface area (Å²) >= 11 is 0. The van der Waals surface area contributed by atoms with Crippen molar-refractivity contribution in [2.24, 2.45) is 0 Å². The maximum absolute atomic E-state index is 12.9. The van der Waals surface area contributed by atoms with E-state index in [0.29, 0.717) is 37.7 Å². The number of amides is 1. The minimum atomic E-state index is -0.632. The quantitative estimate of drug-likeness (QED) is 0.617. The Morgan fingerprint density at radius 1 is 1.21 bits per heavy atom. The summed E-state index contributed by atoms with van der Waals surface area (Å²) in [5.74, 6) is -0.0635. The highest BCUT2D eigenvalue weighted by Crippen LogP contribution is 2.21. The van der Waals surface area contributed by atoms with Crippen LogP contribution in [0.4, 0.5) is 21.6 Å². The number of rotatable bonds is 5. The highest BCUT2D eigenvalue weighted by atomic mass is 19.1. The zero-order chi connectivity index (χ0) is 20.1. The third kappa shape index (κ3) is 4.57. The van der Waals surface area contributed by atoms with Gasteiger partial charge in [-0.25, -0.2) is 9.37 Å². The van der Waals surface area contributed by atoms with Gasteiger partial charge in [0.25, 0.3) is 0 Å². The number of nitro groups is 1. The van der Waals surface area contributed by atoms with Gasteiger partial charge < -0.3 is 10.2 Å². The average molecular weight is 384 g/mol. The number of pyridine rings is 1. The van der Waals surface area contributed by atoms with Gasteiger partial charge in [-0.2, -0.15) is 5.26 Å². The number of anilines is 2. The summed E-state index contributed by atoms with van der Waals surface area (Å²) in [6.07, 6.45) is 0. The van der Waals surface area contributed by atoms with Crippen LogP contribution in [-0.2, 0) is 4.79 Å². The number of carbonyl (C=O) groups is 1. The van der Waals surface area contributed by atoms with Crippen molar-refractivity contribution in [2.45, 2.75) is 0 Å². The first-order valence-corrected chi connectivity index (χ1v) is 8.54. The van der Waals surface area contributed by atoms with Crippen LogP contribution in [0.2, 0.25) is 0 Å². The molecule has 0 radical (unpaired) electrons. The number of hydrogen-bond donors (Lipinski definition) is 1. The molecule has 2 heterocycles. The Bertz CT molecular complexity index is 920. The molecular weight excluding hydrogens is 367 g/mol. The molecule has 1 aromatic heterocycles. The van der Waals surface area contributed by atoms with Crippen molar-refractivity contribution in [1.82, 2.24) is 9.88 Å². The van der Waals surface area contributed by atoms with E-state index >= 15 is 0 Å². The van der Waals surface area contributed by atoms with Crippen LogP contribution in [-0.4, -0.2) is 53.4 Å². The zero-order valence-electron chi connectivity index (χ0n) is 14.8. The topological polar surface area (TPSA) is 115 Å². The normalized spacial score (nSPS) is 14.4. The second-order valence-electron chi connectivity index (χ2n) is 6.22. The van der Waals surface area contributed by atoms with Crippen molar-refractivity contribution < 1.29 is 14.1 Å². The number of aromatic nitrogens is 1. The number of benzene rings is 1. The SMILES string of the molecule is N#Cc1nc(N2CCN(CC(=O)Nc3ccc(F)cc3)CC2)ccc1[N+](=O)[O-]. The van der Waals surface area contributed by atoms with E-state index in [2.05, 4.69) is 10.3 Å². The molecule has 1 aromatic carbocycles. The minimum Gasteiger partial charge on any atom is -0.354 e. The van der Waals surface area contributed by atoms with Crippen LogP contribution in [0.3, 0.4) is 0 Å². The Balaban J connectivity index is 1.54. The molecule has 0 atom stereocenters. The smallest absolute Gasteiger partial charge is 0.305 e. The molecule has 9 nitrogen and oxygen atoms in total. The molecule has 144 valence electrons. The van der Waals surface area contributed by atoms with Gasteiger partial charge in [-0.1, -0.05) is 0 Å². The van der Waals surface area contributed by atoms with Crippen molar-refractivity contribution in [1.29, 1.82) is 5.26 Å². The third-order valence-corrected chi connectivity index (χ3v) is 4.35. The Kier molecular flexibility index (Phi) is 5.76. The van der Waals surface area contributed by atoms with Crippen LogP contribution >= 0.6 is 0 Å². The molecule has 0 saturated carbocycles. The fourth-order valence-electron chi connectivity index (χ4n) is 2.92. The Morgan fingerprint density at radius 3 is 2.50 bits per heavy atom. The predicted molar refractivity (Wildman–Crippen MR) is 99.3 cm³/mol. The van der Waals surface area contributed by atoms with Crippen LogP contribution in [0, 0.1) is 27.3 Å². The summed E-state index contributed by atoms with van der Waals surface area (Å²) in [5, 5.41) is 22.7. The third-order valence-electron chi connectivity index (χ3n) is 4.35. The number of halogens is 1. The van der Waals surface area contributed by atoms with Gasteiger partial charge in [-0.3, -0.25) is 19.8 Å².